The zero-order valence-corrected chi connectivity index (χ0v) is 20.4. The van der Waals surface area contributed by atoms with E-state index in [1.165, 1.54) is 64.2 Å². The van der Waals surface area contributed by atoms with Crippen LogP contribution in [0.1, 0.15) is 112 Å². The van der Waals surface area contributed by atoms with Gasteiger partial charge in [-0.1, -0.05) is 60.8 Å². The molecular formula is C28H50O. The molecule has 4 fully saturated rings. The number of hydrogen-bond acceptors (Lipinski definition) is 1. The SMILES string of the molecule is CC(C)CCC[C@@H](C)[C@H]1CC[C@H]2[C@@H]3CC[C@H]4C[C@@H](O)[C@H](C)C[C@]4(C)[C@H]3CC[C@]12C. The van der Waals surface area contributed by atoms with Gasteiger partial charge in [0.25, 0.3) is 0 Å². The first-order valence-corrected chi connectivity index (χ1v) is 13.3. The minimum atomic E-state index is -0.0407. The first-order valence-electron chi connectivity index (χ1n) is 13.3. The largest absolute Gasteiger partial charge is 0.393 e. The van der Waals surface area contributed by atoms with Crippen LogP contribution in [-0.2, 0) is 0 Å². The number of hydrogen-bond donors (Lipinski definition) is 1. The predicted octanol–water partition coefficient (Wildman–Crippen LogP) is 7.71. The molecule has 0 aromatic heterocycles. The van der Waals surface area contributed by atoms with Crippen molar-refractivity contribution >= 4 is 0 Å². The van der Waals surface area contributed by atoms with Crippen molar-refractivity contribution in [3.63, 3.8) is 0 Å². The molecule has 4 aliphatic rings. The molecule has 4 aliphatic carbocycles. The van der Waals surface area contributed by atoms with Gasteiger partial charge in [-0.2, -0.15) is 0 Å². The molecule has 4 saturated carbocycles. The van der Waals surface area contributed by atoms with Crippen LogP contribution in [-0.4, -0.2) is 11.2 Å². The van der Waals surface area contributed by atoms with Crippen LogP contribution in [0.2, 0.25) is 0 Å². The van der Waals surface area contributed by atoms with Gasteiger partial charge in [0, 0.05) is 0 Å². The van der Waals surface area contributed by atoms with Crippen LogP contribution >= 0.6 is 0 Å². The quantitative estimate of drug-likeness (QED) is 0.499. The standard InChI is InChI=1S/C28H50O/c1-18(2)8-7-9-19(3)23-12-13-24-22-11-10-21-16-26(29)20(4)17-28(21,6)25(22)14-15-27(23,24)5/h18-26,29H,7-17H2,1-6H3/t19-,20-,21+,22+,23-,24+,25+,26-,27-,28+/m1/s1. The fraction of sp³-hybridized carbons (Fsp3) is 1.00. The van der Waals surface area contributed by atoms with Crippen molar-refractivity contribution in [2.24, 2.45) is 58.2 Å². The zero-order valence-electron chi connectivity index (χ0n) is 20.4. The summed E-state index contributed by atoms with van der Waals surface area (Å²) >= 11 is 0. The summed E-state index contributed by atoms with van der Waals surface area (Å²) in [5.74, 6) is 6.92. The second-order valence-electron chi connectivity index (χ2n) is 13.2. The average molecular weight is 403 g/mol. The van der Waals surface area contributed by atoms with E-state index in [9.17, 15) is 5.11 Å². The van der Waals surface area contributed by atoms with E-state index in [1.807, 2.05) is 0 Å². The summed E-state index contributed by atoms with van der Waals surface area (Å²) in [6, 6.07) is 0. The maximum atomic E-state index is 10.5. The first kappa shape index (κ1) is 22.2. The maximum absolute atomic E-state index is 10.5. The van der Waals surface area contributed by atoms with Gasteiger partial charge >= 0.3 is 0 Å². The van der Waals surface area contributed by atoms with Gasteiger partial charge in [-0.3, -0.25) is 0 Å². The smallest absolute Gasteiger partial charge is 0.0568 e. The van der Waals surface area contributed by atoms with E-state index < -0.39 is 0 Å². The third-order valence-corrected chi connectivity index (χ3v) is 11.2. The second-order valence-corrected chi connectivity index (χ2v) is 13.2. The topological polar surface area (TPSA) is 20.2 Å². The Labute approximate surface area is 181 Å². The molecule has 0 saturated heterocycles. The summed E-state index contributed by atoms with van der Waals surface area (Å²) in [4.78, 5) is 0. The molecule has 1 N–H and O–H groups in total. The van der Waals surface area contributed by atoms with Crippen LogP contribution in [0.25, 0.3) is 0 Å². The Morgan fingerprint density at radius 3 is 2.34 bits per heavy atom. The van der Waals surface area contributed by atoms with Crippen molar-refractivity contribution in [1.82, 2.24) is 0 Å². The van der Waals surface area contributed by atoms with E-state index in [-0.39, 0.29) is 6.10 Å². The third kappa shape index (κ3) is 3.74. The molecule has 4 rings (SSSR count). The fourth-order valence-corrected chi connectivity index (χ4v) is 9.62. The Bertz CT molecular complexity index is 569. The Morgan fingerprint density at radius 2 is 1.62 bits per heavy atom. The van der Waals surface area contributed by atoms with Gasteiger partial charge in [0.05, 0.1) is 6.10 Å². The van der Waals surface area contributed by atoms with E-state index in [0.29, 0.717) is 16.7 Å². The highest BCUT2D eigenvalue weighted by Crippen LogP contribution is 2.68. The van der Waals surface area contributed by atoms with Crippen LogP contribution in [0.3, 0.4) is 0 Å². The van der Waals surface area contributed by atoms with Gasteiger partial charge in [0.2, 0.25) is 0 Å². The first-order chi connectivity index (χ1) is 13.7. The summed E-state index contributed by atoms with van der Waals surface area (Å²) in [7, 11) is 0. The van der Waals surface area contributed by atoms with Crippen molar-refractivity contribution in [3.8, 4) is 0 Å². The van der Waals surface area contributed by atoms with Crippen molar-refractivity contribution < 1.29 is 5.11 Å². The Kier molecular flexibility index (Phi) is 6.22. The predicted molar refractivity (Wildman–Crippen MR) is 124 cm³/mol. The van der Waals surface area contributed by atoms with Crippen LogP contribution in [0.5, 0.6) is 0 Å². The van der Waals surface area contributed by atoms with Crippen LogP contribution < -0.4 is 0 Å². The van der Waals surface area contributed by atoms with Gasteiger partial charge < -0.3 is 5.11 Å². The number of fused-ring (bicyclic) bond motifs is 5. The van der Waals surface area contributed by atoms with Gasteiger partial charge in [0.1, 0.15) is 0 Å². The Hall–Kier alpha value is -0.0400. The van der Waals surface area contributed by atoms with Crippen molar-refractivity contribution in [3.05, 3.63) is 0 Å². The molecule has 1 nitrogen and oxygen atoms in total. The van der Waals surface area contributed by atoms with Crippen LogP contribution in [0, 0.1) is 58.2 Å². The molecule has 0 aliphatic heterocycles. The summed E-state index contributed by atoms with van der Waals surface area (Å²) in [6.07, 6.45) is 15.4. The zero-order chi connectivity index (χ0) is 21.0. The molecule has 0 spiro atoms. The minimum absolute atomic E-state index is 0.0407. The van der Waals surface area contributed by atoms with Crippen molar-refractivity contribution in [1.29, 1.82) is 0 Å². The number of aliphatic hydroxyl groups is 1. The van der Waals surface area contributed by atoms with Crippen molar-refractivity contribution in [2.45, 2.75) is 118 Å². The maximum Gasteiger partial charge on any atom is 0.0568 e. The van der Waals surface area contributed by atoms with E-state index in [0.717, 1.165) is 47.8 Å². The van der Waals surface area contributed by atoms with E-state index in [1.54, 1.807) is 0 Å². The van der Waals surface area contributed by atoms with Gasteiger partial charge in [-0.15, -0.1) is 0 Å². The van der Waals surface area contributed by atoms with E-state index >= 15 is 0 Å². The average Bonchev–Trinajstić information content (AvgIpc) is 3.00. The lowest BCUT2D eigenvalue weighted by molar-refractivity contribution is -0.142. The van der Waals surface area contributed by atoms with Gasteiger partial charge in [0.15, 0.2) is 0 Å². The third-order valence-electron chi connectivity index (χ3n) is 11.2. The van der Waals surface area contributed by atoms with E-state index in [2.05, 4.69) is 41.5 Å². The molecule has 0 radical (unpaired) electrons. The molecular weight excluding hydrogens is 352 g/mol. The lowest BCUT2D eigenvalue weighted by atomic mass is 9.43. The summed E-state index contributed by atoms with van der Waals surface area (Å²) < 4.78 is 0. The van der Waals surface area contributed by atoms with Crippen LogP contribution in [0.15, 0.2) is 0 Å². The molecule has 0 amide bonds. The summed E-state index contributed by atoms with van der Waals surface area (Å²) in [5, 5.41) is 10.5. The lowest BCUT2D eigenvalue weighted by Gasteiger charge is -2.62. The number of aliphatic hydroxyl groups excluding tert-OH is 1. The fourth-order valence-electron chi connectivity index (χ4n) is 9.62. The lowest BCUT2D eigenvalue weighted by Crippen LogP contribution is -2.55. The molecule has 10 atom stereocenters. The molecule has 0 heterocycles. The summed E-state index contributed by atoms with van der Waals surface area (Å²) in [5.41, 5.74) is 1.12. The highest BCUT2D eigenvalue weighted by atomic mass is 16.3. The molecule has 0 unspecified atom stereocenters. The minimum Gasteiger partial charge on any atom is -0.393 e. The number of rotatable bonds is 5. The summed E-state index contributed by atoms with van der Waals surface area (Å²) in [6.45, 7) is 15.0. The molecule has 168 valence electrons. The normalized spacial score (nSPS) is 50.7. The highest BCUT2D eigenvalue weighted by Gasteiger charge is 2.61. The van der Waals surface area contributed by atoms with Crippen molar-refractivity contribution in [2.75, 3.05) is 0 Å². The van der Waals surface area contributed by atoms with Gasteiger partial charge in [-0.05, 0) is 110 Å². The van der Waals surface area contributed by atoms with E-state index in [4.69, 9.17) is 0 Å². The highest BCUT2D eigenvalue weighted by molar-refractivity contribution is 5.10. The monoisotopic (exact) mass is 402 g/mol. The Balaban J connectivity index is 1.47. The molecule has 0 aromatic carbocycles. The molecule has 29 heavy (non-hydrogen) atoms. The second kappa shape index (κ2) is 8.14. The molecule has 0 bridgehead atoms. The van der Waals surface area contributed by atoms with Crippen LogP contribution in [0.4, 0.5) is 0 Å². The van der Waals surface area contributed by atoms with Gasteiger partial charge in [-0.25, -0.2) is 0 Å². The molecule has 0 aromatic rings. The Morgan fingerprint density at radius 1 is 0.897 bits per heavy atom. The molecule has 1 heteroatoms.